The Balaban J connectivity index is 1.47. The lowest BCUT2D eigenvalue weighted by atomic mass is 9.75. The zero-order valence-corrected chi connectivity index (χ0v) is 12.5. The highest BCUT2D eigenvalue weighted by Gasteiger charge is 2.30. The van der Waals surface area contributed by atoms with Crippen LogP contribution in [0.15, 0.2) is 30.3 Å². The lowest BCUT2D eigenvalue weighted by Crippen LogP contribution is -2.42. The smallest absolute Gasteiger partial charge is 0.0307 e. The number of nitrogens with zero attached hydrogens (tertiary/aromatic N) is 1. The predicted molar refractivity (Wildman–Crippen MR) is 84.5 cm³/mol. The Morgan fingerprint density at radius 3 is 2.60 bits per heavy atom. The first kappa shape index (κ1) is 14.1. The van der Waals surface area contributed by atoms with Crippen molar-refractivity contribution in [1.29, 1.82) is 0 Å². The van der Waals surface area contributed by atoms with Crippen LogP contribution in [0, 0.1) is 11.8 Å². The Morgan fingerprint density at radius 2 is 1.80 bits per heavy atom. The molecule has 1 aromatic rings. The molecule has 2 aliphatic rings. The van der Waals surface area contributed by atoms with Gasteiger partial charge in [-0.3, -0.25) is 0 Å². The van der Waals surface area contributed by atoms with E-state index in [4.69, 9.17) is 5.73 Å². The van der Waals surface area contributed by atoms with Gasteiger partial charge >= 0.3 is 0 Å². The molecule has 110 valence electrons. The van der Waals surface area contributed by atoms with Crippen molar-refractivity contribution in [3.8, 4) is 0 Å². The summed E-state index contributed by atoms with van der Waals surface area (Å²) < 4.78 is 0. The van der Waals surface area contributed by atoms with E-state index in [2.05, 4.69) is 35.2 Å². The van der Waals surface area contributed by atoms with Gasteiger partial charge in [-0.15, -0.1) is 0 Å². The van der Waals surface area contributed by atoms with Crippen molar-refractivity contribution < 1.29 is 0 Å². The third-order valence-corrected chi connectivity index (χ3v) is 5.36. The van der Waals surface area contributed by atoms with E-state index in [9.17, 15) is 0 Å². The summed E-state index contributed by atoms with van der Waals surface area (Å²) in [5.41, 5.74) is 7.60. The molecule has 1 saturated carbocycles. The average molecular weight is 272 g/mol. The molecule has 2 heteroatoms. The van der Waals surface area contributed by atoms with Crippen molar-refractivity contribution in [3.05, 3.63) is 35.9 Å². The summed E-state index contributed by atoms with van der Waals surface area (Å²) in [6, 6.07) is 10.7. The van der Waals surface area contributed by atoms with Gasteiger partial charge < -0.3 is 10.6 Å². The van der Waals surface area contributed by atoms with Crippen LogP contribution in [0.1, 0.15) is 50.1 Å². The lowest BCUT2D eigenvalue weighted by Gasteiger charge is -2.41. The number of fused-ring (bicyclic) bond motifs is 1. The van der Waals surface area contributed by atoms with Gasteiger partial charge in [-0.25, -0.2) is 0 Å². The van der Waals surface area contributed by atoms with E-state index in [0.29, 0.717) is 0 Å². The molecule has 20 heavy (non-hydrogen) atoms. The molecule has 3 atom stereocenters. The summed E-state index contributed by atoms with van der Waals surface area (Å²) in [6.45, 7) is 3.79. The van der Waals surface area contributed by atoms with Gasteiger partial charge in [0.2, 0.25) is 0 Å². The number of likely N-dealkylation sites (tertiary alicyclic amines) is 1. The molecular weight excluding hydrogens is 244 g/mol. The number of nitrogens with two attached hydrogens (primary N) is 1. The molecule has 1 heterocycles. The van der Waals surface area contributed by atoms with Crippen molar-refractivity contribution >= 4 is 0 Å². The highest BCUT2D eigenvalue weighted by Crippen LogP contribution is 2.36. The van der Waals surface area contributed by atoms with Gasteiger partial charge in [-0.2, -0.15) is 0 Å². The highest BCUT2D eigenvalue weighted by molar-refractivity contribution is 5.18. The highest BCUT2D eigenvalue weighted by atomic mass is 15.1. The number of hydrogen-bond acceptors (Lipinski definition) is 2. The standard InChI is InChI=1S/C18H28N2/c19-18(16-7-2-1-3-8-16)11-13-20-12-10-15-6-4-5-9-17(15)14-20/h1-3,7-8,15,17-18H,4-6,9-14,19H2. The molecule has 0 bridgehead atoms. The van der Waals surface area contributed by atoms with Crippen LogP contribution >= 0.6 is 0 Å². The molecule has 1 aliphatic heterocycles. The minimum absolute atomic E-state index is 0.195. The van der Waals surface area contributed by atoms with Crippen molar-refractivity contribution in [1.82, 2.24) is 4.90 Å². The summed E-state index contributed by atoms with van der Waals surface area (Å²) in [5, 5.41) is 0. The maximum absolute atomic E-state index is 6.32. The molecule has 1 saturated heterocycles. The first-order chi connectivity index (χ1) is 9.83. The molecule has 1 aliphatic carbocycles. The van der Waals surface area contributed by atoms with Gasteiger partial charge in [0.05, 0.1) is 0 Å². The predicted octanol–water partition coefficient (Wildman–Crippen LogP) is 3.59. The first-order valence-corrected chi connectivity index (χ1v) is 8.36. The molecule has 2 nitrogen and oxygen atoms in total. The second-order valence-corrected chi connectivity index (χ2v) is 6.70. The quantitative estimate of drug-likeness (QED) is 0.907. The van der Waals surface area contributed by atoms with Gasteiger partial charge in [0.25, 0.3) is 0 Å². The van der Waals surface area contributed by atoms with Crippen LogP contribution in [0.25, 0.3) is 0 Å². The fourth-order valence-electron chi connectivity index (χ4n) is 4.07. The minimum Gasteiger partial charge on any atom is -0.324 e. The monoisotopic (exact) mass is 272 g/mol. The third kappa shape index (κ3) is 3.42. The largest absolute Gasteiger partial charge is 0.324 e. The zero-order chi connectivity index (χ0) is 13.8. The van der Waals surface area contributed by atoms with Crippen LogP contribution < -0.4 is 5.73 Å². The summed E-state index contributed by atoms with van der Waals surface area (Å²) >= 11 is 0. The van der Waals surface area contributed by atoms with Crippen LogP contribution in [0.4, 0.5) is 0 Å². The molecule has 1 aromatic carbocycles. The Kier molecular flexibility index (Phi) is 4.74. The van der Waals surface area contributed by atoms with Crippen molar-refractivity contribution in [2.75, 3.05) is 19.6 Å². The fraction of sp³-hybridized carbons (Fsp3) is 0.667. The van der Waals surface area contributed by atoms with Crippen LogP contribution in [-0.2, 0) is 0 Å². The number of rotatable bonds is 4. The summed E-state index contributed by atoms with van der Waals surface area (Å²) in [6.07, 6.45) is 8.39. The number of benzene rings is 1. The second-order valence-electron chi connectivity index (χ2n) is 6.70. The van der Waals surface area contributed by atoms with E-state index in [1.807, 2.05) is 0 Å². The van der Waals surface area contributed by atoms with Crippen LogP contribution in [0.2, 0.25) is 0 Å². The zero-order valence-electron chi connectivity index (χ0n) is 12.5. The van der Waals surface area contributed by atoms with Gasteiger partial charge in [0.1, 0.15) is 0 Å². The molecule has 2 N–H and O–H groups in total. The van der Waals surface area contributed by atoms with E-state index >= 15 is 0 Å². The molecule has 3 rings (SSSR count). The Hall–Kier alpha value is -0.860. The molecule has 0 spiro atoms. The maximum atomic E-state index is 6.32. The molecule has 0 radical (unpaired) electrons. The molecule has 0 aromatic heterocycles. The lowest BCUT2D eigenvalue weighted by molar-refractivity contribution is 0.0848. The van der Waals surface area contributed by atoms with E-state index < -0.39 is 0 Å². The molecule has 0 amide bonds. The van der Waals surface area contributed by atoms with Gasteiger partial charge in [0.15, 0.2) is 0 Å². The summed E-state index contributed by atoms with van der Waals surface area (Å²) in [4.78, 5) is 2.66. The van der Waals surface area contributed by atoms with Crippen molar-refractivity contribution in [3.63, 3.8) is 0 Å². The summed E-state index contributed by atoms with van der Waals surface area (Å²) in [7, 11) is 0. The van der Waals surface area contributed by atoms with Gasteiger partial charge in [-0.05, 0) is 49.8 Å². The minimum atomic E-state index is 0.195. The number of hydrogen-bond donors (Lipinski definition) is 1. The maximum Gasteiger partial charge on any atom is 0.0307 e. The first-order valence-electron chi connectivity index (χ1n) is 8.36. The van der Waals surface area contributed by atoms with Crippen LogP contribution in [0.3, 0.4) is 0 Å². The van der Waals surface area contributed by atoms with Gasteiger partial charge in [0, 0.05) is 12.6 Å². The van der Waals surface area contributed by atoms with E-state index in [1.165, 1.54) is 57.3 Å². The van der Waals surface area contributed by atoms with E-state index in [-0.39, 0.29) is 6.04 Å². The molecule has 3 unspecified atom stereocenters. The van der Waals surface area contributed by atoms with Gasteiger partial charge in [-0.1, -0.05) is 49.6 Å². The van der Waals surface area contributed by atoms with Crippen LogP contribution in [-0.4, -0.2) is 24.5 Å². The normalized spacial score (nSPS) is 28.9. The molecular formula is C18H28N2. The second kappa shape index (κ2) is 6.73. The third-order valence-electron chi connectivity index (χ3n) is 5.36. The van der Waals surface area contributed by atoms with Crippen molar-refractivity contribution in [2.24, 2.45) is 17.6 Å². The number of piperidine rings is 1. The SMILES string of the molecule is NC(CCN1CCC2CCCCC2C1)c1ccccc1. The van der Waals surface area contributed by atoms with E-state index in [1.54, 1.807) is 0 Å². The average Bonchev–Trinajstić information content (AvgIpc) is 2.53. The van der Waals surface area contributed by atoms with E-state index in [0.717, 1.165) is 18.3 Å². The van der Waals surface area contributed by atoms with Crippen molar-refractivity contribution in [2.45, 2.75) is 44.6 Å². The van der Waals surface area contributed by atoms with Crippen LogP contribution in [0.5, 0.6) is 0 Å². The molecule has 2 fully saturated rings. The Labute approximate surface area is 123 Å². The summed E-state index contributed by atoms with van der Waals surface area (Å²) in [5.74, 6) is 2.01. The topological polar surface area (TPSA) is 29.3 Å². The fourth-order valence-corrected chi connectivity index (χ4v) is 4.07. The Morgan fingerprint density at radius 1 is 1.05 bits per heavy atom. The Bertz CT molecular complexity index is 403.